The molecule has 0 atom stereocenters. The van der Waals surface area contributed by atoms with E-state index in [-0.39, 0.29) is 20.4 Å². The first-order valence-electron chi connectivity index (χ1n) is 4.79. The van der Waals surface area contributed by atoms with Crippen LogP contribution >= 0.6 is 0 Å². The first kappa shape index (κ1) is 22.5. The highest BCUT2D eigenvalue weighted by Crippen LogP contribution is 2.01. The molecule has 0 amide bonds. The van der Waals surface area contributed by atoms with Crippen molar-refractivity contribution in [2.45, 2.75) is 14.9 Å². The monoisotopic (exact) mass is 280 g/mol. The number of carbonyl (C=O) groups excluding carboxylic acids is 3. The SMILES string of the molecule is C.C.C=C.C=CC(=O)OOC(=O)C(=O)c1ccccc1. The van der Waals surface area contributed by atoms with Crippen LogP contribution in [0.5, 0.6) is 0 Å². The van der Waals surface area contributed by atoms with Gasteiger partial charge < -0.3 is 0 Å². The lowest BCUT2D eigenvalue weighted by molar-refractivity contribution is -0.249. The summed E-state index contributed by atoms with van der Waals surface area (Å²) in [6.07, 6.45) is 0.806. The van der Waals surface area contributed by atoms with Crippen molar-refractivity contribution in [1.82, 2.24) is 0 Å². The number of hydrogen-bond acceptors (Lipinski definition) is 5. The molecule has 0 heterocycles. The standard InChI is InChI=1S/C11H8O5.C2H4.2CH4/c1-2-9(12)15-16-11(14)10(13)8-6-4-3-5-7-8;1-2;;/h2-7H,1H2;1-2H2;2*1H4. The van der Waals surface area contributed by atoms with E-state index in [1.165, 1.54) is 12.1 Å². The molecule has 0 aromatic heterocycles. The van der Waals surface area contributed by atoms with Gasteiger partial charge in [0.25, 0.3) is 5.78 Å². The van der Waals surface area contributed by atoms with Crippen LogP contribution in [-0.2, 0) is 19.4 Å². The summed E-state index contributed by atoms with van der Waals surface area (Å²) < 4.78 is 0. The van der Waals surface area contributed by atoms with Crippen molar-refractivity contribution in [3.63, 3.8) is 0 Å². The Bertz CT molecular complexity index is 437. The van der Waals surface area contributed by atoms with Gasteiger partial charge in [0.2, 0.25) is 0 Å². The van der Waals surface area contributed by atoms with E-state index < -0.39 is 17.7 Å². The number of benzene rings is 1. The molecule has 0 fully saturated rings. The highest BCUT2D eigenvalue weighted by atomic mass is 17.2. The summed E-state index contributed by atoms with van der Waals surface area (Å²) in [4.78, 5) is 41.0. The molecular formula is C15H20O5. The first-order chi connectivity index (χ1) is 8.65. The lowest BCUT2D eigenvalue weighted by atomic mass is 10.1. The molecule has 1 rings (SSSR count). The maximum absolute atomic E-state index is 11.4. The van der Waals surface area contributed by atoms with Crippen LogP contribution in [0, 0.1) is 0 Å². The molecule has 0 N–H and O–H groups in total. The van der Waals surface area contributed by atoms with Crippen molar-refractivity contribution in [3.05, 3.63) is 61.7 Å². The normalized spacial score (nSPS) is 7.40. The Morgan fingerprint density at radius 3 is 1.90 bits per heavy atom. The summed E-state index contributed by atoms with van der Waals surface area (Å²) in [5, 5.41) is 0. The topological polar surface area (TPSA) is 69.7 Å². The van der Waals surface area contributed by atoms with Gasteiger partial charge in [-0.2, -0.15) is 0 Å². The van der Waals surface area contributed by atoms with E-state index in [1.807, 2.05) is 0 Å². The Morgan fingerprint density at radius 1 is 0.950 bits per heavy atom. The fraction of sp³-hybridized carbons (Fsp3) is 0.133. The second kappa shape index (κ2) is 12.8. The summed E-state index contributed by atoms with van der Waals surface area (Å²) in [5.41, 5.74) is 0.155. The van der Waals surface area contributed by atoms with Gasteiger partial charge in [-0.15, -0.1) is 13.2 Å². The van der Waals surface area contributed by atoms with E-state index in [0.717, 1.165) is 6.08 Å². The van der Waals surface area contributed by atoms with Crippen molar-refractivity contribution in [1.29, 1.82) is 0 Å². The van der Waals surface area contributed by atoms with Gasteiger partial charge in [0, 0.05) is 11.6 Å². The summed E-state index contributed by atoms with van der Waals surface area (Å²) in [6, 6.07) is 7.77. The van der Waals surface area contributed by atoms with Gasteiger partial charge >= 0.3 is 11.9 Å². The van der Waals surface area contributed by atoms with E-state index >= 15 is 0 Å². The fourth-order valence-corrected chi connectivity index (χ4v) is 0.858. The Kier molecular flexibility index (Phi) is 14.3. The van der Waals surface area contributed by atoms with Crippen LogP contribution in [0.25, 0.3) is 0 Å². The predicted octanol–water partition coefficient (Wildman–Crippen LogP) is 3.13. The molecule has 5 heteroatoms. The van der Waals surface area contributed by atoms with Crippen molar-refractivity contribution < 1.29 is 24.2 Å². The Balaban J connectivity index is -0.000000689. The number of carbonyl (C=O) groups is 3. The van der Waals surface area contributed by atoms with Gasteiger partial charge in [-0.25, -0.2) is 19.4 Å². The lowest BCUT2D eigenvalue weighted by Crippen LogP contribution is -2.19. The number of hydrogen-bond donors (Lipinski definition) is 0. The molecule has 1 aromatic carbocycles. The minimum atomic E-state index is -1.26. The third-order valence-electron chi connectivity index (χ3n) is 1.59. The van der Waals surface area contributed by atoms with Gasteiger partial charge in [0.15, 0.2) is 0 Å². The van der Waals surface area contributed by atoms with Crippen molar-refractivity contribution >= 4 is 17.7 Å². The molecule has 5 nitrogen and oxygen atoms in total. The molecule has 20 heavy (non-hydrogen) atoms. The summed E-state index contributed by atoms with van der Waals surface area (Å²) in [5.74, 6) is -3.10. The quantitative estimate of drug-likeness (QED) is 0.212. The lowest BCUT2D eigenvalue weighted by Gasteiger charge is -1.99. The van der Waals surface area contributed by atoms with Crippen LogP contribution in [0.3, 0.4) is 0 Å². The molecule has 0 aliphatic heterocycles. The van der Waals surface area contributed by atoms with E-state index in [2.05, 4.69) is 29.5 Å². The third kappa shape index (κ3) is 7.60. The van der Waals surface area contributed by atoms with Crippen LogP contribution in [-0.4, -0.2) is 17.7 Å². The first-order valence-corrected chi connectivity index (χ1v) is 4.79. The molecule has 0 spiro atoms. The number of Topliss-reactive ketones (excluding diaryl/α,β-unsaturated/α-hetero) is 1. The maximum Gasteiger partial charge on any atom is 0.426 e. The molecule has 1 aromatic rings. The molecule has 0 bridgehead atoms. The van der Waals surface area contributed by atoms with Crippen LogP contribution < -0.4 is 0 Å². The van der Waals surface area contributed by atoms with E-state index in [4.69, 9.17) is 0 Å². The summed E-state index contributed by atoms with van der Waals surface area (Å²) in [6.45, 7) is 9.09. The Morgan fingerprint density at radius 2 is 1.45 bits per heavy atom. The highest BCUT2D eigenvalue weighted by molar-refractivity contribution is 6.40. The summed E-state index contributed by atoms with van der Waals surface area (Å²) >= 11 is 0. The highest BCUT2D eigenvalue weighted by Gasteiger charge is 2.19. The second-order valence-electron chi connectivity index (χ2n) is 2.67. The zero-order valence-corrected chi connectivity index (χ0v) is 9.63. The van der Waals surface area contributed by atoms with Crippen molar-refractivity contribution in [2.75, 3.05) is 0 Å². The smallest absolute Gasteiger partial charge is 0.281 e. The predicted molar refractivity (Wildman–Crippen MR) is 77.9 cm³/mol. The van der Waals surface area contributed by atoms with Gasteiger partial charge in [-0.3, -0.25) is 4.79 Å². The third-order valence-corrected chi connectivity index (χ3v) is 1.59. The summed E-state index contributed by atoms with van der Waals surface area (Å²) in [7, 11) is 0. The van der Waals surface area contributed by atoms with Crippen LogP contribution in [0.1, 0.15) is 25.2 Å². The van der Waals surface area contributed by atoms with Gasteiger partial charge in [0.05, 0.1) is 0 Å². The van der Waals surface area contributed by atoms with Crippen molar-refractivity contribution in [2.24, 2.45) is 0 Å². The molecule has 110 valence electrons. The van der Waals surface area contributed by atoms with Crippen LogP contribution in [0.4, 0.5) is 0 Å². The van der Waals surface area contributed by atoms with E-state index in [1.54, 1.807) is 18.2 Å². The fourth-order valence-electron chi connectivity index (χ4n) is 0.858. The molecule has 0 aliphatic rings. The van der Waals surface area contributed by atoms with Gasteiger partial charge in [0.1, 0.15) is 0 Å². The minimum Gasteiger partial charge on any atom is -0.281 e. The molecule has 0 unspecified atom stereocenters. The minimum absolute atomic E-state index is 0. The average Bonchev–Trinajstić information content (AvgIpc) is 2.46. The average molecular weight is 280 g/mol. The van der Waals surface area contributed by atoms with Gasteiger partial charge in [-0.05, 0) is 0 Å². The maximum atomic E-state index is 11.4. The Hall–Kier alpha value is -2.69. The largest absolute Gasteiger partial charge is 0.426 e. The molecule has 0 aliphatic carbocycles. The van der Waals surface area contributed by atoms with E-state index in [0.29, 0.717) is 0 Å². The molecular weight excluding hydrogens is 260 g/mol. The zero-order valence-electron chi connectivity index (χ0n) is 9.63. The molecule has 0 saturated heterocycles. The van der Waals surface area contributed by atoms with Gasteiger partial charge in [-0.1, -0.05) is 51.8 Å². The van der Waals surface area contributed by atoms with Crippen LogP contribution in [0.15, 0.2) is 56.1 Å². The van der Waals surface area contributed by atoms with Crippen molar-refractivity contribution in [3.8, 4) is 0 Å². The number of ketones is 1. The number of rotatable bonds is 3. The second-order valence-corrected chi connectivity index (χ2v) is 2.67. The molecule has 0 saturated carbocycles. The zero-order chi connectivity index (χ0) is 14.0. The molecule has 0 radical (unpaired) electrons. The Labute approximate surface area is 119 Å². The van der Waals surface area contributed by atoms with Crippen LogP contribution in [0.2, 0.25) is 0 Å². The van der Waals surface area contributed by atoms with E-state index in [9.17, 15) is 14.4 Å².